The molecule has 0 amide bonds. The molecule has 8 nitrogen and oxygen atoms in total. The predicted octanol–water partition coefficient (Wildman–Crippen LogP) is 1.86. The summed E-state index contributed by atoms with van der Waals surface area (Å²) in [6.07, 6.45) is 4.25. The smallest absolute Gasteiger partial charge is 0.309 e. The maximum atomic E-state index is 11.5. The van der Waals surface area contributed by atoms with Gasteiger partial charge in [0.1, 0.15) is 0 Å². The highest BCUT2D eigenvalue weighted by atomic mass is 16.5. The second-order valence-corrected chi connectivity index (χ2v) is 6.70. The first kappa shape index (κ1) is 20.4. The number of methoxy groups -OCH3 is 1. The third-order valence-electron chi connectivity index (χ3n) is 5.25. The van der Waals surface area contributed by atoms with Crippen LogP contribution < -0.4 is 5.73 Å². The minimum atomic E-state index is -0.841. The zero-order valence-corrected chi connectivity index (χ0v) is 14.9. The van der Waals surface area contributed by atoms with Crippen LogP contribution in [0.5, 0.6) is 0 Å². The van der Waals surface area contributed by atoms with E-state index in [9.17, 15) is 14.7 Å². The van der Waals surface area contributed by atoms with Crippen molar-refractivity contribution in [2.45, 2.75) is 33.6 Å². The molecule has 2 atom stereocenters. The summed E-state index contributed by atoms with van der Waals surface area (Å²) in [5.41, 5.74) is 4.47. The highest BCUT2D eigenvalue weighted by Gasteiger charge is 2.58. The van der Waals surface area contributed by atoms with Crippen molar-refractivity contribution in [2.24, 2.45) is 27.6 Å². The van der Waals surface area contributed by atoms with E-state index >= 15 is 0 Å². The lowest BCUT2D eigenvalue weighted by Crippen LogP contribution is -2.42. The Labute approximate surface area is 146 Å². The van der Waals surface area contributed by atoms with Gasteiger partial charge in [0.25, 0.3) is 0 Å². The third-order valence-corrected chi connectivity index (χ3v) is 5.25. The van der Waals surface area contributed by atoms with Crippen molar-refractivity contribution >= 4 is 17.8 Å². The number of nitrogens with zero attached hydrogens (tertiary/aromatic N) is 2. The van der Waals surface area contributed by atoms with Crippen LogP contribution in [0.4, 0.5) is 0 Å². The quantitative estimate of drug-likeness (QED) is 0.249. The van der Waals surface area contributed by atoms with E-state index in [0.29, 0.717) is 18.4 Å². The lowest BCUT2D eigenvalue weighted by Gasteiger charge is -2.37. The molecule has 1 aliphatic carbocycles. The molecule has 0 aliphatic heterocycles. The van der Waals surface area contributed by atoms with Crippen molar-refractivity contribution in [3.63, 3.8) is 0 Å². The van der Waals surface area contributed by atoms with Crippen LogP contribution in [0.3, 0.4) is 0 Å². The van der Waals surface area contributed by atoms with Crippen molar-refractivity contribution in [1.29, 1.82) is 0 Å². The number of pyridine rings is 1. The van der Waals surface area contributed by atoms with Gasteiger partial charge in [0.2, 0.25) is 0 Å². The second-order valence-electron chi connectivity index (χ2n) is 6.70. The highest BCUT2D eigenvalue weighted by molar-refractivity contribution is 5.96. The maximum Gasteiger partial charge on any atom is 0.309 e. The van der Waals surface area contributed by atoms with Crippen molar-refractivity contribution in [1.82, 2.24) is 4.98 Å². The number of hydrogen-bond acceptors (Lipinski definition) is 6. The van der Waals surface area contributed by atoms with Crippen LogP contribution in [-0.4, -0.2) is 40.2 Å². The highest BCUT2D eigenvalue weighted by Crippen LogP contribution is 2.56. The van der Waals surface area contributed by atoms with Crippen molar-refractivity contribution in [3.05, 3.63) is 30.1 Å². The average molecular weight is 351 g/mol. The molecule has 0 saturated heterocycles. The number of carboxylic acids is 1. The number of esters is 1. The lowest BCUT2D eigenvalue weighted by atomic mass is 9.66. The summed E-state index contributed by atoms with van der Waals surface area (Å²) in [6.45, 7) is 5.36. The molecule has 138 valence electrons. The van der Waals surface area contributed by atoms with Gasteiger partial charge in [-0.05, 0) is 37.3 Å². The van der Waals surface area contributed by atoms with Gasteiger partial charge in [0, 0.05) is 18.0 Å². The number of rotatable bonds is 3. The normalized spacial score (nSPS) is 24.8. The van der Waals surface area contributed by atoms with Gasteiger partial charge in [-0.25, -0.2) is 0 Å². The zero-order valence-electron chi connectivity index (χ0n) is 14.9. The maximum absolute atomic E-state index is 11.5. The third kappa shape index (κ3) is 4.07. The van der Waals surface area contributed by atoms with E-state index in [0.717, 1.165) is 0 Å². The van der Waals surface area contributed by atoms with Crippen molar-refractivity contribution in [2.75, 3.05) is 7.11 Å². The first-order valence-corrected chi connectivity index (χ1v) is 7.81. The van der Waals surface area contributed by atoms with Crippen LogP contribution in [0, 0.1) is 16.7 Å². The van der Waals surface area contributed by atoms with Gasteiger partial charge in [-0.1, -0.05) is 19.0 Å². The SMILES string of the molecule is COC(=O)[C@H]1CC[C@@](C)(C(=O)O)C1(C)C.N/C(=N\O)c1cccnc1. The minimum Gasteiger partial charge on any atom is -0.481 e. The molecule has 1 aromatic rings. The van der Waals surface area contributed by atoms with Gasteiger partial charge in [-0.3, -0.25) is 14.6 Å². The Morgan fingerprint density at radius 3 is 2.44 bits per heavy atom. The molecule has 1 heterocycles. The zero-order chi connectivity index (χ0) is 19.3. The molecule has 4 N–H and O–H groups in total. The fourth-order valence-corrected chi connectivity index (χ4v) is 3.01. The minimum absolute atomic E-state index is 0.0769. The van der Waals surface area contributed by atoms with Gasteiger partial charge in [-0.15, -0.1) is 0 Å². The number of aromatic nitrogens is 1. The summed E-state index contributed by atoms with van der Waals surface area (Å²) >= 11 is 0. The number of carboxylic acid groups (broad SMARTS) is 1. The van der Waals surface area contributed by atoms with Crippen molar-refractivity contribution < 1.29 is 24.6 Å². The molecule has 0 radical (unpaired) electrons. The molecule has 8 heteroatoms. The molecule has 1 fully saturated rings. The van der Waals surface area contributed by atoms with Crippen LogP contribution in [0.2, 0.25) is 0 Å². The standard InChI is InChI=1S/C11H18O4.C6H7N3O/c1-10(2)7(8(12)15-4)5-6-11(10,3)9(13)14;7-6(9-10)5-2-1-3-8-4-5/h7H,5-6H2,1-4H3,(H,13,14);1-4,10H,(H2,7,9)/t7-,11+;/m1./s1. The number of aliphatic carboxylic acids is 1. The molecule has 0 bridgehead atoms. The van der Waals surface area contributed by atoms with E-state index in [1.54, 1.807) is 25.3 Å². The Morgan fingerprint density at radius 2 is 2.04 bits per heavy atom. The number of carbonyl (C=O) groups excluding carboxylic acids is 1. The van der Waals surface area contributed by atoms with E-state index < -0.39 is 16.8 Å². The van der Waals surface area contributed by atoms with Crippen LogP contribution in [0.15, 0.2) is 29.7 Å². The predicted molar refractivity (Wildman–Crippen MR) is 91.0 cm³/mol. The molecular weight excluding hydrogens is 326 g/mol. The number of oxime groups is 1. The summed E-state index contributed by atoms with van der Waals surface area (Å²) in [5, 5.41) is 20.3. The summed E-state index contributed by atoms with van der Waals surface area (Å²) in [5.74, 6) is -1.37. The lowest BCUT2D eigenvalue weighted by molar-refractivity contribution is -0.159. The van der Waals surface area contributed by atoms with E-state index in [1.807, 2.05) is 13.8 Å². The van der Waals surface area contributed by atoms with E-state index in [2.05, 4.69) is 10.1 Å². The molecule has 0 aromatic carbocycles. The molecular formula is C17H25N3O5. The van der Waals surface area contributed by atoms with E-state index in [-0.39, 0.29) is 17.7 Å². The van der Waals surface area contributed by atoms with Crippen LogP contribution in [-0.2, 0) is 14.3 Å². The van der Waals surface area contributed by atoms with Gasteiger partial charge in [-0.2, -0.15) is 0 Å². The van der Waals surface area contributed by atoms with Crippen LogP contribution in [0.1, 0.15) is 39.2 Å². The fraction of sp³-hybridized carbons (Fsp3) is 0.529. The topological polar surface area (TPSA) is 135 Å². The summed E-state index contributed by atoms with van der Waals surface area (Å²) < 4.78 is 4.71. The van der Waals surface area contributed by atoms with Gasteiger partial charge < -0.3 is 20.8 Å². The first-order valence-electron chi connectivity index (χ1n) is 7.81. The van der Waals surface area contributed by atoms with Gasteiger partial charge in [0.15, 0.2) is 5.84 Å². The molecule has 0 spiro atoms. The number of nitrogens with two attached hydrogens (primary N) is 1. The van der Waals surface area contributed by atoms with Gasteiger partial charge >= 0.3 is 11.9 Å². The van der Waals surface area contributed by atoms with Crippen LogP contribution in [0.25, 0.3) is 0 Å². The van der Waals surface area contributed by atoms with Gasteiger partial charge in [0.05, 0.1) is 18.4 Å². The number of carbonyl (C=O) groups is 2. The van der Waals surface area contributed by atoms with E-state index in [1.165, 1.54) is 13.3 Å². The molecule has 25 heavy (non-hydrogen) atoms. The largest absolute Gasteiger partial charge is 0.481 e. The molecule has 2 rings (SSSR count). The summed E-state index contributed by atoms with van der Waals surface area (Å²) in [4.78, 5) is 26.6. The first-order chi connectivity index (χ1) is 11.6. The van der Waals surface area contributed by atoms with E-state index in [4.69, 9.17) is 15.7 Å². The fourth-order valence-electron chi connectivity index (χ4n) is 3.01. The number of hydrogen-bond donors (Lipinski definition) is 3. The summed E-state index contributed by atoms with van der Waals surface area (Å²) in [7, 11) is 1.34. The molecule has 0 unspecified atom stereocenters. The Hall–Kier alpha value is -2.64. The van der Waals surface area contributed by atoms with Crippen molar-refractivity contribution in [3.8, 4) is 0 Å². The Balaban J connectivity index is 0.000000271. The Bertz CT molecular complexity index is 645. The number of amidine groups is 1. The Kier molecular flexibility index (Phi) is 6.49. The monoisotopic (exact) mass is 351 g/mol. The summed E-state index contributed by atoms with van der Waals surface area (Å²) in [6, 6.07) is 3.43. The number of ether oxygens (including phenoxy) is 1. The molecule has 1 saturated carbocycles. The molecule has 1 aliphatic rings. The molecule has 1 aromatic heterocycles. The Morgan fingerprint density at radius 1 is 1.40 bits per heavy atom. The second kappa shape index (κ2) is 7.96. The van der Waals surface area contributed by atoms with Crippen LogP contribution >= 0.6 is 0 Å². The average Bonchev–Trinajstić information content (AvgIpc) is 2.85.